The molecule has 0 radical (unpaired) electrons. The molecule has 1 atom stereocenters. The van der Waals surface area contributed by atoms with Crippen LogP contribution >= 0.6 is 0 Å². The second-order valence-electron chi connectivity index (χ2n) is 6.83. The van der Waals surface area contributed by atoms with Crippen LogP contribution in [0.4, 0.5) is 9.18 Å². The Hall–Kier alpha value is -2.31. The zero-order valence-corrected chi connectivity index (χ0v) is 16.6. The van der Waals surface area contributed by atoms with Gasteiger partial charge in [-0.2, -0.15) is 0 Å². The molecule has 1 aliphatic rings. The lowest BCUT2D eigenvalue weighted by molar-refractivity contribution is -0.136. The maximum atomic E-state index is 13.6. The van der Waals surface area contributed by atoms with Crippen molar-refractivity contribution in [2.75, 3.05) is 33.3 Å². The molecule has 1 fully saturated rings. The standard InChI is InChI=1S/C20H30FN3O3/c1-5-23(6-2)19(25)15-9-11-24(12-10-15)20(26)22-14(3)17-13-16(21)7-8-18(17)27-4/h7-8,13-15H,5-6,9-12H2,1-4H3,(H,22,26). The Kier molecular flexibility index (Phi) is 7.45. The molecule has 2 rings (SSSR count). The molecule has 1 aliphatic heterocycles. The van der Waals surface area contributed by atoms with Crippen molar-refractivity contribution in [3.63, 3.8) is 0 Å². The van der Waals surface area contributed by atoms with Crippen LogP contribution in [0.5, 0.6) is 5.75 Å². The lowest BCUT2D eigenvalue weighted by Gasteiger charge is -2.34. The van der Waals surface area contributed by atoms with Crippen molar-refractivity contribution in [3.05, 3.63) is 29.6 Å². The molecular formula is C20H30FN3O3. The molecule has 0 aliphatic carbocycles. The molecule has 1 N–H and O–H groups in total. The number of carbonyl (C=O) groups excluding carboxylic acids is 2. The number of piperidine rings is 1. The van der Waals surface area contributed by atoms with Gasteiger partial charge in [0.05, 0.1) is 13.2 Å². The van der Waals surface area contributed by atoms with Crippen molar-refractivity contribution < 1.29 is 18.7 Å². The van der Waals surface area contributed by atoms with E-state index in [4.69, 9.17) is 4.74 Å². The minimum absolute atomic E-state index is 0.0188. The Morgan fingerprint density at radius 3 is 2.48 bits per heavy atom. The Balaban J connectivity index is 1.93. The minimum Gasteiger partial charge on any atom is -0.496 e. The molecule has 150 valence electrons. The third kappa shape index (κ3) is 5.11. The normalized spacial score (nSPS) is 16.0. The van der Waals surface area contributed by atoms with Gasteiger partial charge in [0.15, 0.2) is 0 Å². The van der Waals surface area contributed by atoms with Crippen molar-refractivity contribution in [2.24, 2.45) is 5.92 Å². The van der Waals surface area contributed by atoms with Gasteiger partial charge >= 0.3 is 6.03 Å². The highest BCUT2D eigenvalue weighted by Gasteiger charge is 2.30. The minimum atomic E-state index is -0.391. The smallest absolute Gasteiger partial charge is 0.317 e. The predicted molar refractivity (Wildman–Crippen MR) is 102 cm³/mol. The van der Waals surface area contributed by atoms with Crippen LogP contribution in [0.2, 0.25) is 0 Å². The summed E-state index contributed by atoms with van der Waals surface area (Å²) in [6.07, 6.45) is 1.33. The van der Waals surface area contributed by atoms with E-state index in [9.17, 15) is 14.0 Å². The number of hydrogen-bond acceptors (Lipinski definition) is 3. The molecule has 1 saturated heterocycles. The van der Waals surface area contributed by atoms with E-state index in [1.807, 2.05) is 18.7 Å². The van der Waals surface area contributed by atoms with Crippen molar-refractivity contribution in [3.8, 4) is 5.75 Å². The number of nitrogens with one attached hydrogen (secondary N) is 1. The molecule has 3 amide bonds. The second-order valence-corrected chi connectivity index (χ2v) is 6.83. The molecular weight excluding hydrogens is 349 g/mol. The molecule has 0 aromatic heterocycles. The summed E-state index contributed by atoms with van der Waals surface area (Å²) in [6.45, 7) is 8.25. The molecule has 1 unspecified atom stereocenters. The van der Waals surface area contributed by atoms with E-state index in [2.05, 4.69) is 5.32 Å². The number of amides is 3. The maximum absolute atomic E-state index is 13.6. The number of rotatable bonds is 6. The van der Waals surface area contributed by atoms with Crippen molar-refractivity contribution in [2.45, 2.75) is 39.7 Å². The fourth-order valence-corrected chi connectivity index (χ4v) is 3.52. The first kappa shape index (κ1) is 21.0. The number of ether oxygens (including phenoxy) is 1. The lowest BCUT2D eigenvalue weighted by Crippen LogP contribution is -2.48. The van der Waals surface area contributed by atoms with Crippen LogP contribution in [0.15, 0.2) is 18.2 Å². The Labute approximate surface area is 160 Å². The highest BCUT2D eigenvalue weighted by Crippen LogP contribution is 2.26. The van der Waals surface area contributed by atoms with Gasteiger partial charge in [-0.3, -0.25) is 4.79 Å². The number of nitrogens with zero attached hydrogens (tertiary/aromatic N) is 2. The summed E-state index contributed by atoms with van der Waals surface area (Å²) in [5, 5.41) is 2.90. The summed E-state index contributed by atoms with van der Waals surface area (Å²) < 4.78 is 18.8. The first-order valence-electron chi connectivity index (χ1n) is 9.58. The number of halogens is 1. The van der Waals surface area contributed by atoms with Gasteiger partial charge in [0.1, 0.15) is 11.6 Å². The summed E-state index contributed by atoms with van der Waals surface area (Å²) in [4.78, 5) is 28.6. The van der Waals surface area contributed by atoms with E-state index in [-0.39, 0.29) is 23.7 Å². The van der Waals surface area contributed by atoms with Gasteiger partial charge in [0.25, 0.3) is 0 Å². The monoisotopic (exact) mass is 379 g/mol. The fraction of sp³-hybridized carbons (Fsp3) is 0.600. The van der Waals surface area contributed by atoms with E-state index in [0.717, 1.165) is 0 Å². The van der Waals surface area contributed by atoms with Crippen LogP contribution in [0.1, 0.15) is 45.2 Å². The number of carbonyl (C=O) groups is 2. The van der Waals surface area contributed by atoms with Gasteiger partial charge in [0.2, 0.25) is 5.91 Å². The second kappa shape index (κ2) is 9.58. The van der Waals surface area contributed by atoms with Gasteiger partial charge in [-0.05, 0) is 51.8 Å². The summed E-state index contributed by atoms with van der Waals surface area (Å²) in [7, 11) is 1.52. The number of likely N-dealkylation sites (tertiary alicyclic amines) is 1. The highest BCUT2D eigenvalue weighted by atomic mass is 19.1. The quantitative estimate of drug-likeness (QED) is 0.826. The van der Waals surface area contributed by atoms with Crippen LogP contribution in [-0.2, 0) is 4.79 Å². The highest BCUT2D eigenvalue weighted by molar-refractivity contribution is 5.80. The maximum Gasteiger partial charge on any atom is 0.317 e. The molecule has 0 saturated carbocycles. The lowest BCUT2D eigenvalue weighted by atomic mass is 9.95. The number of urea groups is 1. The van der Waals surface area contributed by atoms with E-state index in [0.29, 0.717) is 50.3 Å². The number of hydrogen-bond donors (Lipinski definition) is 1. The number of methoxy groups -OCH3 is 1. The first-order valence-corrected chi connectivity index (χ1v) is 9.58. The molecule has 1 aromatic rings. The summed E-state index contributed by atoms with van der Waals surface area (Å²) in [5.74, 6) is 0.322. The Bertz CT molecular complexity index is 656. The first-order chi connectivity index (χ1) is 12.9. The van der Waals surface area contributed by atoms with Crippen LogP contribution in [0.25, 0.3) is 0 Å². The zero-order chi connectivity index (χ0) is 20.0. The largest absolute Gasteiger partial charge is 0.496 e. The molecule has 1 heterocycles. The van der Waals surface area contributed by atoms with E-state index in [1.54, 1.807) is 17.9 Å². The van der Waals surface area contributed by atoms with Gasteiger partial charge < -0.3 is 19.9 Å². The third-order valence-electron chi connectivity index (χ3n) is 5.20. The predicted octanol–water partition coefficient (Wildman–Crippen LogP) is 3.19. The third-order valence-corrected chi connectivity index (χ3v) is 5.20. The Morgan fingerprint density at radius 2 is 1.93 bits per heavy atom. The van der Waals surface area contributed by atoms with Crippen LogP contribution < -0.4 is 10.1 Å². The van der Waals surface area contributed by atoms with Crippen molar-refractivity contribution in [1.82, 2.24) is 15.1 Å². The molecule has 27 heavy (non-hydrogen) atoms. The summed E-state index contributed by atoms with van der Waals surface area (Å²) in [5.41, 5.74) is 0.595. The van der Waals surface area contributed by atoms with Gasteiger partial charge in [-0.25, -0.2) is 9.18 Å². The van der Waals surface area contributed by atoms with Crippen LogP contribution in [0, 0.1) is 11.7 Å². The molecule has 6 nitrogen and oxygen atoms in total. The van der Waals surface area contributed by atoms with Crippen LogP contribution in [-0.4, -0.2) is 55.0 Å². The van der Waals surface area contributed by atoms with Crippen LogP contribution in [0.3, 0.4) is 0 Å². The summed E-state index contributed by atoms with van der Waals surface area (Å²) >= 11 is 0. The van der Waals surface area contributed by atoms with E-state index < -0.39 is 6.04 Å². The van der Waals surface area contributed by atoms with Crippen molar-refractivity contribution >= 4 is 11.9 Å². The zero-order valence-electron chi connectivity index (χ0n) is 16.6. The topological polar surface area (TPSA) is 61.9 Å². The fourth-order valence-electron chi connectivity index (χ4n) is 3.52. The molecule has 7 heteroatoms. The SMILES string of the molecule is CCN(CC)C(=O)C1CCN(C(=O)NC(C)c2cc(F)ccc2OC)CC1. The van der Waals surface area contributed by atoms with Gasteiger partial charge in [0, 0.05) is 37.7 Å². The Morgan fingerprint density at radius 1 is 1.30 bits per heavy atom. The van der Waals surface area contributed by atoms with E-state index >= 15 is 0 Å². The average molecular weight is 379 g/mol. The van der Waals surface area contributed by atoms with Crippen molar-refractivity contribution in [1.29, 1.82) is 0 Å². The number of benzene rings is 1. The van der Waals surface area contributed by atoms with Gasteiger partial charge in [-0.15, -0.1) is 0 Å². The molecule has 0 bridgehead atoms. The average Bonchev–Trinajstić information content (AvgIpc) is 2.68. The van der Waals surface area contributed by atoms with E-state index in [1.165, 1.54) is 19.2 Å². The molecule has 1 aromatic carbocycles. The van der Waals surface area contributed by atoms with Gasteiger partial charge in [-0.1, -0.05) is 0 Å². The molecule has 0 spiro atoms. The summed E-state index contributed by atoms with van der Waals surface area (Å²) in [6, 6.07) is 3.66.